The normalized spacial score (nSPS) is 26.5. The summed E-state index contributed by atoms with van der Waals surface area (Å²) in [5.74, 6) is 1.28. The Morgan fingerprint density at radius 3 is 2.32 bits per heavy atom. The number of hydrogen-bond acceptors (Lipinski definition) is 4. The zero-order chi connectivity index (χ0) is 15.4. The minimum absolute atomic E-state index is 0.265. The molecule has 1 aromatic rings. The third kappa shape index (κ3) is 3.78. The standard InChI is InChI=1S/C17H25N3O2/c18-17(19)22-16-7-3-14(4-8-16)13-1-5-15(6-2-13)20-9-11-21-12-10-20/h3-4,7-8,13,15H,1-2,5-6,9-12H2,(H3,18,19). The lowest BCUT2D eigenvalue weighted by atomic mass is 9.81. The van der Waals surface area contributed by atoms with Crippen molar-refractivity contribution in [1.82, 2.24) is 4.90 Å². The Balaban J connectivity index is 1.53. The topological polar surface area (TPSA) is 71.6 Å². The van der Waals surface area contributed by atoms with Gasteiger partial charge in [0.05, 0.1) is 13.2 Å². The van der Waals surface area contributed by atoms with E-state index >= 15 is 0 Å². The molecule has 3 N–H and O–H groups in total. The van der Waals surface area contributed by atoms with E-state index < -0.39 is 0 Å². The van der Waals surface area contributed by atoms with Crippen LogP contribution in [0.1, 0.15) is 37.2 Å². The summed E-state index contributed by atoms with van der Waals surface area (Å²) >= 11 is 0. The van der Waals surface area contributed by atoms with Crippen LogP contribution in [0, 0.1) is 5.41 Å². The maximum atomic E-state index is 7.14. The molecule has 2 fully saturated rings. The maximum Gasteiger partial charge on any atom is 0.284 e. The van der Waals surface area contributed by atoms with E-state index in [1.165, 1.54) is 31.2 Å². The van der Waals surface area contributed by atoms with Gasteiger partial charge in [-0.1, -0.05) is 12.1 Å². The molecule has 1 saturated heterocycles. The highest BCUT2D eigenvalue weighted by molar-refractivity contribution is 5.70. The monoisotopic (exact) mass is 303 g/mol. The summed E-state index contributed by atoms with van der Waals surface area (Å²) in [6, 6.07) is 8.50. The number of hydrogen-bond donors (Lipinski definition) is 2. The summed E-state index contributed by atoms with van der Waals surface area (Å²) in [7, 11) is 0. The van der Waals surface area contributed by atoms with E-state index in [1.807, 2.05) is 12.1 Å². The summed E-state index contributed by atoms with van der Waals surface area (Å²) in [6.45, 7) is 3.95. The number of nitrogens with one attached hydrogen (secondary N) is 1. The summed E-state index contributed by atoms with van der Waals surface area (Å²) in [5.41, 5.74) is 6.61. The Morgan fingerprint density at radius 2 is 1.73 bits per heavy atom. The molecule has 0 radical (unpaired) electrons. The first-order chi connectivity index (χ1) is 10.7. The molecule has 1 aliphatic carbocycles. The second kappa shape index (κ2) is 7.11. The zero-order valence-electron chi connectivity index (χ0n) is 13.0. The molecule has 1 aliphatic heterocycles. The minimum Gasteiger partial charge on any atom is -0.426 e. The highest BCUT2D eigenvalue weighted by atomic mass is 16.5. The van der Waals surface area contributed by atoms with Gasteiger partial charge in [0, 0.05) is 19.1 Å². The predicted octanol–water partition coefficient (Wildman–Crippen LogP) is 2.32. The molecule has 0 spiro atoms. The van der Waals surface area contributed by atoms with Crippen molar-refractivity contribution in [2.24, 2.45) is 5.73 Å². The summed E-state index contributed by atoms with van der Waals surface area (Å²) in [5, 5.41) is 7.14. The third-order valence-electron chi connectivity index (χ3n) is 4.84. The number of nitrogens with zero attached hydrogens (tertiary/aromatic N) is 1. The minimum atomic E-state index is -0.265. The van der Waals surface area contributed by atoms with Crippen molar-refractivity contribution in [3.63, 3.8) is 0 Å². The first-order valence-corrected chi connectivity index (χ1v) is 8.16. The number of morpholine rings is 1. The van der Waals surface area contributed by atoms with Crippen LogP contribution in [0.2, 0.25) is 0 Å². The summed E-state index contributed by atoms with van der Waals surface area (Å²) < 4.78 is 10.5. The molecule has 0 unspecified atom stereocenters. The van der Waals surface area contributed by atoms with E-state index in [4.69, 9.17) is 20.6 Å². The Morgan fingerprint density at radius 1 is 1.09 bits per heavy atom. The molecule has 120 valence electrons. The highest BCUT2D eigenvalue weighted by Gasteiger charge is 2.27. The Hall–Kier alpha value is -1.59. The second-order valence-corrected chi connectivity index (χ2v) is 6.19. The fraction of sp³-hybridized carbons (Fsp3) is 0.588. The van der Waals surface area contributed by atoms with Crippen LogP contribution in [0.25, 0.3) is 0 Å². The van der Waals surface area contributed by atoms with Gasteiger partial charge in [0.1, 0.15) is 5.75 Å². The van der Waals surface area contributed by atoms with E-state index in [-0.39, 0.29) is 6.02 Å². The van der Waals surface area contributed by atoms with Gasteiger partial charge < -0.3 is 15.2 Å². The number of ether oxygens (including phenoxy) is 2. The van der Waals surface area contributed by atoms with Crippen molar-refractivity contribution in [2.75, 3.05) is 26.3 Å². The number of nitrogens with two attached hydrogens (primary N) is 1. The molecular formula is C17H25N3O2. The lowest BCUT2D eigenvalue weighted by Crippen LogP contribution is -2.44. The zero-order valence-corrected chi connectivity index (χ0v) is 13.0. The van der Waals surface area contributed by atoms with Crippen LogP contribution < -0.4 is 10.5 Å². The third-order valence-corrected chi connectivity index (χ3v) is 4.84. The average Bonchev–Trinajstić information content (AvgIpc) is 2.56. The number of amidine groups is 1. The SMILES string of the molecule is N=C(N)Oc1ccc(C2CCC(N3CCOCC3)CC2)cc1. The van der Waals surface area contributed by atoms with Crippen LogP contribution in [-0.4, -0.2) is 43.3 Å². The van der Waals surface area contributed by atoms with Crippen LogP contribution in [0.5, 0.6) is 5.75 Å². The van der Waals surface area contributed by atoms with Crippen molar-refractivity contribution in [1.29, 1.82) is 5.41 Å². The van der Waals surface area contributed by atoms with Crippen molar-refractivity contribution >= 4 is 6.02 Å². The van der Waals surface area contributed by atoms with Gasteiger partial charge in [-0.3, -0.25) is 10.3 Å². The fourth-order valence-corrected chi connectivity index (χ4v) is 3.65. The van der Waals surface area contributed by atoms with Crippen LogP contribution in [0.15, 0.2) is 24.3 Å². The molecule has 22 heavy (non-hydrogen) atoms. The lowest BCUT2D eigenvalue weighted by molar-refractivity contribution is 0.00730. The predicted molar refractivity (Wildman–Crippen MR) is 86.4 cm³/mol. The van der Waals surface area contributed by atoms with Crippen LogP contribution in [0.3, 0.4) is 0 Å². The number of benzene rings is 1. The van der Waals surface area contributed by atoms with Gasteiger partial charge in [0.15, 0.2) is 0 Å². The van der Waals surface area contributed by atoms with Crippen LogP contribution in [0.4, 0.5) is 0 Å². The van der Waals surface area contributed by atoms with Crippen LogP contribution >= 0.6 is 0 Å². The fourth-order valence-electron chi connectivity index (χ4n) is 3.65. The van der Waals surface area contributed by atoms with E-state index in [1.54, 1.807) is 0 Å². The van der Waals surface area contributed by atoms with Gasteiger partial charge in [0.25, 0.3) is 6.02 Å². The first-order valence-electron chi connectivity index (χ1n) is 8.16. The van der Waals surface area contributed by atoms with Crippen molar-refractivity contribution in [3.05, 3.63) is 29.8 Å². The van der Waals surface area contributed by atoms with Gasteiger partial charge >= 0.3 is 0 Å². The molecule has 5 nitrogen and oxygen atoms in total. The van der Waals surface area contributed by atoms with Gasteiger partial charge in [0.2, 0.25) is 0 Å². The van der Waals surface area contributed by atoms with Gasteiger partial charge in [-0.25, -0.2) is 0 Å². The molecule has 0 atom stereocenters. The van der Waals surface area contributed by atoms with E-state index in [9.17, 15) is 0 Å². The molecular weight excluding hydrogens is 278 g/mol. The summed E-state index contributed by atoms with van der Waals surface area (Å²) in [6.07, 6.45) is 5.04. The quantitative estimate of drug-likeness (QED) is 0.664. The Kier molecular flexibility index (Phi) is 4.95. The smallest absolute Gasteiger partial charge is 0.284 e. The van der Waals surface area contributed by atoms with E-state index in [0.717, 1.165) is 32.3 Å². The molecule has 1 saturated carbocycles. The second-order valence-electron chi connectivity index (χ2n) is 6.19. The van der Waals surface area contributed by atoms with E-state index in [0.29, 0.717) is 11.7 Å². The van der Waals surface area contributed by atoms with Gasteiger partial charge in [-0.05, 0) is 49.3 Å². The molecule has 0 bridgehead atoms. The van der Waals surface area contributed by atoms with Crippen molar-refractivity contribution in [2.45, 2.75) is 37.6 Å². The van der Waals surface area contributed by atoms with Gasteiger partial charge in [-0.2, -0.15) is 0 Å². The summed E-state index contributed by atoms with van der Waals surface area (Å²) in [4.78, 5) is 2.60. The average molecular weight is 303 g/mol. The lowest BCUT2D eigenvalue weighted by Gasteiger charge is -2.38. The number of rotatable bonds is 3. The molecule has 1 heterocycles. The highest BCUT2D eigenvalue weighted by Crippen LogP contribution is 2.35. The molecule has 0 aromatic heterocycles. The molecule has 3 rings (SSSR count). The Labute approximate surface area is 131 Å². The molecule has 5 heteroatoms. The molecule has 2 aliphatic rings. The van der Waals surface area contributed by atoms with E-state index in [2.05, 4.69) is 17.0 Å². The molecule has 1 aromatic carbocycles. The van der Waals surface area contributed by atoms with Crippen molar-refractivity contribution in [3.8, 4) is 5.75 Å². The maximum absolute atomic E-state index is 7.14. The first kappa shape index (κ1) is 15.3. The van der Waals surface area contributed by atoms with Gasteiger partial charge in [-0.15, -0.1) is 0 Å². The van der Waals surface area contributed by atoms with Crippen molar-refractivity contribution < 1.29 is 9.47 Å². The molecule has 0 amide bonds. The largest absolute Gasteiger partial charge is 0.426 e. The van der Waals surface area contributed by atoms with Crippen LogP contribution in [-0.2, 0) is 4.74 Å². The Bertz CT molecular complexity index is 489.